The van der Waals surface area contributed by atoms with Crippen molar-refractivity contribution in [2.24, 2.45) is 5.92 Å². The third-order valence-corrected chi connectivity index (χ3v) is 2.00. The summed E-state index contributed by atoms with van der Waals surface area (Å²) in [6.45, 7) is 0.723. The number of hydrogen-bond acceptors (Lipinski definition) is 2. The summed E-state index contributed by atoms with van der Waals surface area (Å²) in [5, 5.41) is 9.24. The molecule has 2 nitrogen and oxygen atoms in total. The van der Waals surface area contributed by atoms with E-state index in [2.05, 4.69) is 0 Å². The van der Waals surface area contributed by atoms with E-state index in [0.29, 0.717) is 5.92 Å². The number of hydrogen-bond donors (Lipinski definition) is 1. The van der Waals surface area contributed by atoms with Crippen LogP contribution in [0.3, 0.4) is 0 Å². The molecule has 2 atom stereocenters. The van der Waals surface area contributed by atoms with Gasteiger partial charge in [0.25, 0.3) is 0 Å². The number of rotatable bonds is 2. The van der Waals surface area contributed by atoms with E-state index >= 15 is 0 Å². The van der Waals surface area contributed by atoms with E-state index in [1.807, 2.05) is 0 Å². The van der Waals surface area contributed by atoms with Crippen molar-refractivity contribution in [2.45, 2.75) is 18.7 Å². The van der Waals surface area contributed by atoms with Crippen molar-refractivity contribution >= 4 is 7.28 Å². The third kappa shape index (κ3) is 1.70. The van der Waals surface area contributed by atoms with Gasteiger partial charge in [0.1, 0.15) is 7.28 Å². The number of aliphatic hydroxyl groups excluding tert-OH is 1. The first kappa shape index (κ1) is 7.10. The predicted molar refractivity (Wildman–Crippen MR) is 38.1 cm³/mol. The summed E-state index contributed by atoms with van der Waals surface area (Å²) in [5.74, 6) is 0.412. The molecule has 0 aromatic heterocycles. The van der Waals surface area contributed by atoms with Crippen LogP contribution in [0, 0.1) is 5.92 Å². The van der Waals surface area contributed by atoms with Gasteiger partial charge < -0.3 is 9.84 Å². The van der Waals surface area contributed by atoms with Crippen LogP contribution in [0.1, 0.15) is 0 Å². The van der Waals surface area contributed by atoms with Gasteiger partial charge in [0.2, 0.25) is 0 Å². The van der Waals surface area contributed by atoms with E-state index in [0.717, 1.165) is 26.5 Å². The van der Waals surface area contributed by atoms with E-state index in [1.165, 1.54) is 0 Å². The zero-order chi connectivity index (χ0) is 6.69. The monoisotopic (exact) mass is 128 g/mol. The largest absolute Gasteiger partial charge is 0.394 e. The van der Waals surface area contributed by atoms with Crippen LogP contribution in [0.4, 0.5) is 0 Å². The topological polar surface area (TPSA) is 29.5 Å². The lowest BCUT2D eigenvalue weighted by Crippen LogP contribution is -2.16. The van der Waals surface area contributed by atoms with Gasteiger partial charge >= 0.3 is 0 Å². The Morgan fingerprint density at radius 1 is 1.67 bits per heavy atom. The molecular weight excluding hydrogens is 115 g/mol. The normalized spacial score (nSPS) is 34.4. The first-order valence-electron chi connectivity index (χ1n) is 3.51. The van der Waals surface area contributed by atoms with Crippen LogP contribution in [-0.2, 0) is 4.74 Å². The minimum absolute atomic E-state index is 0.0926. The Hall–Kier alpha value is -0.0151. The summed E-state index contributed by atoms with van der Waals surface area (Å²) in [6.07, 6.45) is 2.01. The molecule has 0 spiro atoms. The maximum absolute atomic E-state index is 9.24. The highest BCUT2D eigenvalue weighted by atomic mass is 16.5. The summed E-state index contributed by atoms with van der Waals surface area (Å²) in [6, 6.07) is 0. The minimum Gasteiger partial charge on any atom is -0.394 e. The fourth-order valence-electron chi connectivity index (χ4n) is 1.43. The Labute approximate surface area is 56.5 Å². The maximum Gasteiger partial charge on any atom is 0.124 e. The number of aliphatic hydroxyl groups is 1. The van der Waals surface area contributed by atoms with Gasteiger partial charge in [-0.2, -0.15) is 0 Å². The molecular formula is C6H13BO2. The molecule has 52 valence electrons. The van der Waals surface area contributed by atoms with Gasteiger partial charge in [-0.15, -0.1) is 0 Å². The minimum atomic E-state index is -0.0926. The van der Waals surface area contributed by atoms with E-state index in [4.69, 9.17) is 4.74 Å². The first-order chi connectivity index (χ1) is 4.34. The highest BCUT2D eigenvalue weighted by molar-refractivity contribution is 6.37. The van der Waals surface area contributed by atoms with E-state index in [-0.39, 0.29) is 6.10 Å². The van der Waals surface area contributed by atoms with Crippen molar-refractivity contribution < 1.29 is 9.84 Å². The zero-order valence-corrected chi connectivity index (χ0v) is 5.84. The van der Waals surface area contributed by atoms with Crippen LogP contribution in [0.15, 0.2) is 0 Å². The van der Waals surface area contributed by atoms with Crippen LogP contribution >= 0.6 is 0 Å². The van der Waals surface area contributed by atoms with E-state index in [9.17, 15) is 5.11 Å². The van der Waals surface area contributed by atoms with Crippen molar-refractivity contribution in [3.8, 4) is 0 Å². The molecule has 1 aliphatic rings. The molecule has 1 fully saturated rings. The second-order valence-corrected chi connectivity index (χ2v) is 2.71. The van der Waals surface area contributed by atoms with Crippen molar-refractivity contribution in [3.63, 3.8) is 0 Å². The smallest absolute Gasteiger partial charge is 0.124 e. The molecule has 0 bridgehead atoms. The standard InChI is InChI=1S/C6H13BO2/c1-9-4-5-2-7-3-6(5)8/h5-8H,2-4H2,1H3/t5-,6+/m0/s1. The van der Waals surface area contributed by atoms with Crippen LogP contribution in [0.2, 0.25) is 12.6 Å². The summed E-state index contributed by atoms with van der Waals surface area (Å²) in [7, 11) is 2.85. The highest BCUT2D eigenvalue weighted by Crippen LogP contribution is 2.21. The van der Waals surface area contributed by atoms with Gasteiger partial charge in [-0.05, 0) is 0 Å². The second kappa shape index (κ2) is 3.23. The number of methoxy groups -OCH3 is 1. The zero-order valence-electron chi connectivity index (χ0n) is 5.84. The lowest BCUT2D eigenvalue weighted by molar-refractivity contribution is 0.0769. The van der Waals surface area contributed by atoms with Crippen molar-refractivity contribution in [3.05, 3.63) is 0 Å². The Balaban J connectivity index is 2.22. The first-order valence-corrected chi connectivity index (χ1v) is 3.51. The van der Waals surface area contributed by atoms with Gasteiger partial charge in [0.15, 0.2) is 0 Å². The fraction of sp³-hybridized carbons (Fsp3) is 1.00. The average Bonchev–Trinajstić information content (AvgIpc) is 2.18. The van der Waals surface area contributed by atoms with Gasteiger partial charge in [0, 0.05) is 13.0 Å². The third-order valence-electron chi connectivity index (χ3n) is 2.00. The van der Waals surface area contributed by atoms with Crippen molar-refractivity contribution in [1.29, 1.82) is 0 Å². The van der Waals surface area contributed by atoms with Gasteiger partial charge in [-0.25, -0.2) is 0 Å². The van der Waals surface area contributed by atoms with Crippen LogP contribution in [0.25, 0.3) is 0 Å². The maximum atomic E-state index is 9.24. The summed E-state index contributed by atoms with van der Waals surface area (Å²) in [5.41, 5.74) is 0. The Bertz CT molecular complexity index is 87.1. The van der Waals surface area contributed by atoms with Crippen LogP contribution in [-0.4, -0.2) is 32.2 Å². The van der Waals surface area contributed by atoms with Crippen molar-refractivity contribution in [1.82, 2.24) is 0 Å². The quantitative estimate of drug-likeness (QED) is 0.526. The Morgan fingerprint density at radius 3 is 2.89 bits per heavy atom. The van der Waals surface area contributed by atoms with Gasteiger partial charge in [0.05, 0.1) is 12.7 Å². The lowest BCUT2D eigenvalue weighted by atomic mass is 9.76. The van der Waals surface area contributed by atoms with Crippen molar-refractivity contribution in [2.75, 3.05) is 13.7 Å². The van der Waals surface area contributed by atoms with E-state index < -0.39 is 0 Å². The van der Waals surface area contributed by atoms with E-state index in [1.54, 1.807) is 7.11 Å². The molecule has 0 saturated carbocycles. The molecule has 0 amide bonds. The molecule has 1 N–H and O–H groups in total. The molecule has 9 heavy (non-hydrogen) atoms. The van der Waals surface area contributed by atoms with Crippen LogP contribution < -0.4 is 0 Å². The van der Waals surface area contributed by atoms with Gasteiger partial charge in [-0.1, -0.05) is 12.6 Å². The molecule has 0 aromatic carbocycles. The molecule has 1 aliphatic heterocycles. The summed E-state index contributed by atoms with van der Waals surface area (Å²) < 4.78 is 4.94. The van der Waals surface area contributed by atoms with Crippen LogP contribution in [0.5, 0.6) is 0 Å². The molecule has 1 saturated heterocycles. The molecule has 0 unspecified atom stereocenters. The van der Waals surface area contributed by atoms with Gasteiger partial charge in [-0.3, -0.25) is 0 Å². The molecule has 1 rings (SSSR count). The second-order valence-electron chi connectivity index (χ2n) is 2.71. The molecule has 0 radical (unpaired) electrons. The summed E-state index contributed by atoms with van der Waals surface area (Å²) >= 11 is 0. The number of ether oxygens (including phenoxy) is 1. The fourth-order valence-corrected chi connectivity index (χ4v) is 1.43. The predicted octanol–water partition coefficient (Wildman–Crippen LogP) is -0.103. The summed E-state index contributed by atoms with van der Waals surface area (Å²) in [4.78, 5) is 0. The Morgan fingerprint density at radius 2 is 2.44 bits per heavy atom. The molecule has 0 aromatic rings. The SMILES string of the molecule is COC[C@@H]1CBC[C@H]1O. The highest BCUT2D eigenvalue weighted by Gasteiger charge is 2.25. The average molecular weight is 128 g/mol. The Kier molecular flexibility index (Phi) is 2.55. The molecule has 3 heteroatoms. The molecule has 1 heterocycles. The lowest BCUT2D eigenvalue weighted by Gasteiger charge is -2.12. The molecule has 0 aliphatic carbocycles.